The smallest absolute Gasteiger partial charge is 0.251 e. The molecule has 2 fully saturated rings. The minimum atomic E-state index is -3.41. The van der Waals surface area contributed by atoms with Crippen LogP contribution in [0.4, 0.5) is 0 Å². The Hall–Kier alpha value is -1.93. The van der Waals surface area contributed by atoms with E-state index in [0.717, 1.165) is 31.2 Å². The number of carbonyl (C=O) groups excluding carboxylic acids is 2. The number of nitrogens with one attached hydrogen (secondary N) is 1. The molecule has 1 saturated carbocycles. The van der Waals surface area contributed by atoms with Crippen molar-refractivity contribution >= 4 is 21.8 Å². The van der Waals surface area contributed by atoms with Gasteiger partial charge in [-0.1, -0.05) is 25.5 Å². The summed E-state index contributed by atoms with van der Waals surface area (Å²) in [6.07, 6.45) is 4.84. The van der Waals surface area contributed by atoms with Gasteiger partial charge in [0.2, 0.25) is 15.9 Å². The van der Waals surface area contributed by atoms with Crippen molar-refractivity contribution in [1.29, 1.82) is 0 Å². The molecule has 8 heteroatoms. The number of rotatable bonds is 8. The molecule has 1 atom stereocenters. The highest BCUT2D eigenvalue weighted by Gasteiger charge is 2.37. The lowest BCUT2D eigenvalue weighted by atomic mass is 10.0. The molecular weight excluding hydrogens is 390 g/mol. The van der Waals surface area contributed by atoms with E-state index >= 15 is 0 Å². The van der Waals surface area contributed by atoms with Crippen molar-refractivity contribution in [2.24, 2.45) is 0 Å². The summed E-state index contributed by atoms with van der Waals surface area (Å²) in [5, 5.41) is 2.95. The van der Waals surface area contributed by atoms with Crippen molar-refractivity contribution in [1.82, 2.24) is 14.5 Å². The van der Waals surface area contributed by atoms with Gasteiger partial charge in [-0.25, -0.2) is 8.42 Å². The molecule has 0 aromatic heterocycles. The molecule has 1 N–H and O–H groups in total. The standard InChI is InChI=1S/C21H31N3O4S/c1-3-14-29(27,28)24-13-5-4-6-19(24)21(26)23(2)15-16-7-9-17(10-8-16)20(25)22-18-11-12-18/h7-10,18-19H,3-6,11-15H2,1-2H3,(H,22,25)/t19-/m0/s1. The Kier molecular flexibility index (Phi) is 6.95. The summed E-state index contributed by atoms with van der Waals surface area (Å²) in [6.45, 7) is 2.62. The van der Waals surface area contributed by atoms with Crippen LogP contribution in [0.1, 0.15) is 61.4 Å². The van der Waals surface area contributed by atoms with Gasteiger partial charge in [-0.3, -0.25) is 9.59 Å². The molecule has 2 amide bonds. The first-order valence-electron chi connectivity index (χ1n) is 10.5. The Bertz CT molecular complexity index is 834. The van der Waals surface area contributed by atoms with Crippen LogP contribution in [0.2, 0.25) is 0 Å². The van der Waals surface area contributed by atoms with Crippen molar-refractivity contribution in [3.05, 3.63) is 35.4 Å². The maximum Gasteiger partial charge on any atom is 0.251 e. The number of sulfonamides is 1. The molecule has 1 aliphatic heterocycles. The number of hydrogen-bond acceptors (Lipinski definition) is 4. The summed E-state index contributed by atoms with van der Waals surface area (Å²) < 4.78 is 26.6. The van der Waals surface area contributed by atoms with Gasteiger partial charge in [-0.2, -0.15) is 4.31 Å². The number of nitrogens with zero attached hydrogens (tertiary/aromatic N) is 2. The monoisotopic (exact) mass is 421 g/mol. The van der Waals surface area contributed by atoms with Gasteiger partial charge >= 0.3 is 0 Å². The molecule has 1 aromatic carbocycles. The Balaban J connectivity index is 1.63. The van der Waals surface area contributed by atoms with Crippen LogP contribution in [0.5, 0.6) is 0 Å². The van der Waals surface area contributed by atoms with Crippen LogP contribution in [-0.4, -0.2) is 60.9 Å². The second-order valence-corrected chi connectivity index (χ2v) is 10.1. The van der Waals surface area contributed by atoms with Crippen molar-refractivity contribution in [2.45, 2.75) is 64.1 Å². The van der Waals surface area contributed by atoms with E-state index in [1.165, 1.54) is 4.31 Å². The van der Waals surface area contributed by atoms with E-state index in [9.17, 15) is 18.0 Å². The summed E-state index contributed by atoms with van der Waals surface area (Å²) in [4.78, 5) is 26.7. The van der Waals surface area contributed by atoms with Crippen molar-refractivity contribution in [3.8, 4) is 0 Å². The molecule has 0 radical (unpaired) electrons. The normalized spacial score (nSPS) is 20.3. The van der Waals surface area contributed by atoms with Gasteiger partial charge in [-0.05, 0) is 49.8 Å². The third-order valence-electron chi connectivity index (χ3n) is 5.48. The van der Waals surface area contributed by atoms with E-state index < -0.39 is 16.1 Å². The maximum absolute atomic E-state index is 13.0. The number of likely N-dealkylation sites (N-methyl/N-ethyl adjacent to an activating group) is 1. The molecule has 7 nitrogen and oxygen atoms in total. The first-order valence-corrected chi connectivity index (χ1v) is 12.1. The first-order chi connectivity index (χ1) is 13.8. The molecule has 1 heterocycles. The minimum Gasteiger partial charge on any atom is -0.349 e. The SMILES string of the molecule is CCCS(=O)(=O)N1CCCC[C@H]1C(=O)N(C)Cc1ccc(C(=O)NC2CC2)cc1. The lowest BCUT2D eigenvalue weighted by Gasteiger charge is -2.35. The van der Waals surface area contributed by atoms with Crippen LogP contribution in [0, 0.1) is 0 Å². The zero-order chi connectivity index (χ0) is 21.0. The largest absolute Gasteiger partial charge is 0.349 e. The summed E-state index contributed by atoms with van der Waals surface area (Å²) in [7, 11) is -1.71. The number of piperidine rings is 1. The molecule has 1 aliphatic carbocycles. The van der Waals surface area contributed by atoms with Gasteiger partial charge in [0.25, 0.3) is 5.91 Å². The van der Waals surface area contributed by atoms with Gasteiger partial charge in [-0.15, -0.1) is 0 Å². The van der Waals surface area contributed by atoms with Crippen molar-refractivity contribution < 1.29 is 18.0 Å². The van der Waals surface area contributed by atoms with Crippen LogP contribution in [-0.2, 0) is 21.4 Å². The van der Waals surface area contributed by atoms with Crippen LogP contribution >= 0.6 is 0 Å². The number of hydrogen-bond donors (Lipinski definition) is 1. The quantitative estimate of drug-likeness (QED) is 0.697. The lowest BCUT2D eigenvalue weighted by Crippen LogP contribution is -2.52. The molecule has 0 unspecified atom stereocenters. The lowest BCUT2D eigenvalue weighted by molar-refractivity contribution is -0.135. The van der Waals surface area contributed by atoms with Crippen LogP contribution in [0.15, 0.2) is 24.3 Å². The maximum atomic E-state index is 13.0. The Morgan fingerprint density at radius 1 is 1.14 bits per heavy atom. The summed E-state index contributed by atoms with van der Waals surface area (Å²) in [6, 6.07) is 6.92. The summed E-state index contributed by atoms with van der Waals surface area (Å²) >= 11 is 0. The van der Waals surface area contributed by atoms with Gasteiger partial charge in [0.05, 0.1) is 5.75 Å². The van der Waals surface area contributed by atoms with Crippen molar-refractivity contribution in [2.75, 3.05) is 19.3 Å². The zero-order valence-electron chi connectivity index (χ0n) is 17.3. The highest BCUT2D eigenvalue weighted by Crippen LogP contribution is 2.23. The Labute approximate surface area is 173 Å². The van der Waals surface area contributed by atoms with E-state index in [2.05, 4.69) is 5.32 Å². The third-order valence-corrected chi connectivity index (χ3v) is 7.56. The second kappa shape index (κ2) is 9.26. The molecule has 0 spiro atoms. The van der Waals surface area contributed by atoms with Crippen molar-refractivity contribution in [3.63, 3.8) is 0 Å². The van der Waals surface area contributed by atoms with Gasteiger partial charge in [0, 0.05) is 31.7 Å². The van der Waals surface area contributed by atoms with E-state index in [-0.39, 0.29) is 17.6 Å². The molecule has 3 rings (SSSR count). The second-order valence-electron chi connectivity index (χ2n) is 8.08. The number of benzene rings is 1. The number of amides is 2. The van der Waals surface area contributed by atoms with E-state index in [0.29, 0.717) is 37.5 Å². The summed E-state index contributed by atoms with van der Waals surface area (Å²) in [5.41, 5.74) is 1.52. The third kappa shape index (κ3) is 5.57. The minimum absolute atomic E-state index is 0.0672. The molecule has 29 heavy (non-hydrogen) atoms. The molecular formula is C21H31N3O4S. The highest BCUT2D eigenvalue weighted by molar-refractivity contribution is 7.89. The van der Waals surface area contributed by atoms with E-state index in [1.807, 2.05) is 19.1 Å². The fourth-order valence-electron chi connectivity index (χ4n) is 3.72. The average Bonchev–Trinajstić information content (AvgIpc) is 3.52. The Morgan fingerprint density at radius 2 is 1.83 bits per heavy atom. The van der Waals surface area contributed by atoms with Crippen LogP contribution in [0.3, 0.4) is 0 Å². The zero-order valence-corrected chi connectivity index (χ0v) is 18.1. The van der Waals surface area contributed by atoms with Crippen LogP contribution < -0.4 is 5.32 Å². The predicted molar refractivity (Wildman–Crippen MR) is 112 cm³/mol. The molecule has 160 valence electrons. The summed E-state index contributed by atoms with van der Waals surface area (Å²) in [5.74, 6) is -0.160. The van der Waals surface area contributed by atoms with Gasteiger partial charge < -0.3 is 10.2 Å². The van der Waals surface area contributed by atoms with Gasteiger partial charge in [0.1, 0.15) is 6.04 Å². The first kappa shape index (κ1) is 21.8. The highest BCUT2D eigenvalue weighted by atomic mass is 32.2. The number of carbonyl (C=O) groups is 2. The molecule has 1 saturated heterocycles. The fourth-order valence-corrected chi connectivity index (χ4v) is 5.47. The average molecular weight is 422 g/mol. The fraction of sp³-hybridized carbons (Fsp3) is 0.619. The topological polar surface area (TPSA) is 86.8 Å². The Morgan fingerprint density at radius 3 is 2.45 bits per heavy atom. The molecule has 0 bridgehead atoms. The van der Waals surface area contributed by atoms with E-state index in [1.54, 1.807) is 24.1 Å². The van der Waals surface area contributed by atoms with Crippen LogP contribution in [0.25, 0.3) is 0 Å². The molecule has 1 aromatic rings. The predicted octanol–water partition coefficient (Wildman–Crippen LogP) is 2.13. The molecule has 2 aliphatic rings. The van der Waals surface area contributed by atoms with Gasteiger partial charge in [0.15, 0.2) is 0 Å². The van der Waals surface area contributed by atoms with E-state index in [4.69, 9.17) is 0 Å².